The van der Waals surface area contributed by atoms with Crippen LogP contribution in [0.5, 0.6) is 11.5 Å². The average Bonchev–Trinajstić information content (AvgIpc) is 3.65. The van der Waals surface area contributed by atoms with Crippen molar-refractivity contribution in [3.63, 3.8) is 0 Å². The van der Waals surface area contributed by atoms with Gasteiger partial charge in [0.1, 0.15) is 41.9 Å². The zero-order chi connectivity index (χ0) is 26.4. The number of fused-ring (bicyclic) bond motifs is 1. The second kappa shape index (κ2) is 11.5. The Labute approximate surface area is 233 Å². The second-order valence-corrected chi connectivity index (χ2v) is 9.96. The lowest BCUT2D eigenvalue weighted by Crippen LogP contribution is -2.24. The van der Waals surface area contributed by atoms with Crippen LogP contribution in [0.2, 0.25) is 5.02 Å². The Hall–Kier alpha value is -4.41. The van der Waals surface area contributed by atoms with Gasteiger partial charge in [-0.25, -0.2) is 19.9 Å². The maximum atomic E-state index is 6.48. The summed E-state index contributed by atoms with van der Waals surface area (Å²) in [5.41, 5.74) is 2.35. The molecule has 0 saturated carbocycles. The molecule has 0 unspecified atom stereocenters. The van der Waals surface area contributed by atoms with E-state index in [1.807, 2.05) is 66.0 Å². The smallest absolute Gasteiger partial charge is 0.289 e. The van der Waals surface area contributed by atoms with Gasteiger partial charge in [-0.2, -0.15) is 0 Å². The SMILES string of the molecule is Clc1cc(Nc2ncnc3ccc(NC4=NC[C@H](COc5ccccc5)O4)cc23)ccc1OCc1nccs1. The first-order valence-corrected chi connectivity index (χ1v) is 13.4. The summed E-state index contributed by atoms with van der Waals surface area (Å²) < 4.78 is 17.5. The third kappa shape index (κ3) is 6.19. The van der Waals surface area contributed by atoms with Crippen LogP contribution in [0.15, 0.2) is 89.6 Å². The molecule has 9 nitrogen and oxygen atoms in total. The topological polar surface area (TPSA) is 103 Å². The fourth-order valence-corrected chi connectivity index (χ4v) is 4.69. The first-order chi connectivity index (χ1) is 19.2. The van der Waals surface area contributed by atoms with Gasteiger partial charge in [0.2, 0.25) is 0 Å². The summed E-state index contributed by atoms with van der Waals surface area (Å²) in [5, 5.41) is 10.7. The van der Waals surface area contributed by atoms with Crippen molar-refractivity contribution in [1.29, 1.82) is 0 Å². The van der Waals surface area contributed by atoms with Crippen LogP contribution in [-0.4, -0.2) is 40.2 Å². The van der Waals surface area contributed by atoms with Gasteiger partial charge in [0.25, 0.3) is 6.02 Å². The second-order valence-electron chi connectivity index (χ2n) is 8.57. The van der Waals surface area contributed by atoms with E-state index in [9.17, 15) is 0 Å². The van der Waals surface area contributed by atoms with Gasteiger partial charge in [-0.1, -0.05) is 29.8 Å². The van der Waals surface area contributed by atoms with E-state index in [0.29, 0.717) is 42.4 Å². The molecule has 0 radical (unpaired) electrons. The van der Waals surface area contributed by atoms with Crippen LogP contribution in [-0.2, 0) is 11.3 Å². The van der Waals surface area contributed by atoms with E-state index in [1.165, 1.54) is 17.7 Å². The number of anilines is 3. The van der Waals surface area contributed by atoms with Gasteiger partial charge in [-0.05, 0) is 48.5 Å². The summed E-state index contributed by atoms with van der Waals surface area (Å²) in [7, 11) is 0. The number of nitrogens with one attached hydrogen (secondary N) is 2. The standard InChI is InChI=1S/C28H23ClN6O3S/c29-23-13-19(7-9-25(23)37-16-26-30-10-11-39-26)34-27-22-12-18(6-8-24(22)32-17-33-27)35-28-31-14-21(38-28)15-36-20-4-2-1-3-5-20/h1-13,17,21H,14-16H2,(H,31,35)(H,32,33,34)/t21-/m1/s1. The number of nitrogens with zero attached hydrogens (tertiary/aromatic N) is 4. The molecule has 0 saturated heterocycles. The molecule has 6 rings (SSSR count). The largest absolute Gasteiger partial charge is 0.490 e. The molecule has 0 amide bonds. The summed E-state index contributed by atoms with van der Waals surface area (Å²) in [6.45, 7) is 1.30. The molecule has 2 N–H and O–H groups in total. The van der Waals surface area contributed by atoms with Crippen LogP contribution in [0, 0.1) is 0 Å². The molecule has 0 spiro atoms. The molecule has 0 fully saturated rings. The number of amidine groups is 1. The van der Waals surface area contributed by atoms with E-state index in [2.05, 4.69) is 30.6 Å². The summed E-state index contributed by atoms with van der Waals surface area (Å²) >= 11 is 8.02. The highest BCUT2D eigenvalue weighted by Crippen LogP contribution is 2.32. The molecular formula is C28H23ClN6O3S. The molecule has 1 atom stereocenters. The monoisotopic (exact) mass is 558 g/mol. The van der Waals surface area contributed by atoms with E-state index in [-0.39, 0.29) is 6.10 Å². The number of ether oxygens (including phenoxy) is 3. The highest BCUT2D eigenvalue weighted by molar-refractivity contribution is 7.09. The number of thiazole rings is 1. The number of hydrogen-bond donors (Lipinski definition) is 2. The average molecular weight is 559 g/mol. The number of rotatable bonds is 9. The quantitative estimate of drug-likeness (QED) is 0.217. The molecule has 0 aliphatic carbocycles. The van der Waals surface area contributed by atoms with E-state index < -0.39 is 0 Å². The van der Waals surface area contributed by atoms with Gasteiger partial charge < -0.3 is 24.8 Å². The van der Waals surface area contributed by atoms with Crippen molar-refractivity contribution in [2.45, 2.75) is 12.7 Å². The van der Waals surface area contributed by atoms with Gasteiger partial charge in [0, 0.05) is 28.3 Å². The minimum Gasteiger partial charge on any atom is -0.490 e. The maximum Gasteiger partial charge on any atom is 0.289 e. The van der Waals surface area contributed by atoms with Crippen LogP contribution in [0.3, 0.4) is 0 Å². The van der Waals surface area contributed by atoms with E-state index in [1.54, 1.807) is 12.3 Å². The molecule has 11 heteroatoms. The Kier molecular flexibility index (Phi) is 7.37. The van der Waals surface area contributed by atoms with Crippen LogP contribution < -0.4 is 20.1 Å². The third-order valence-corrected chi connectivity index (χ3v) is 6.86. The third-order valence-electron chi connectivity index (χ3n) is 5.81. The predicted molar refractivity (Wildman–Crippen MR) is 153 cm³/mol. The normalized spacial score (nSPS) is 14.5. The molecule has 3 aromatic carbocycles. The molecule has 3 heterocycles. The maximum absolute atomic E-state index is 6.48. The molecule has 5 aromatic rings. The van der Waals surface area contributed by atoms with Crippen molar-refractivity contribution in [3.8, 4) is 11.5 Å². The summed E-state index contributed by atoms with van der Waals surface area (Å²) in [6, 6.07) is 21.4. The number of para-hydroxylation sites is 1. The van der Waals surface area contributed by atoms with Crippen LogP contribution >= 0.6 is 22.9 Å². The van der Waals surface area contributed by atoms with E-state index in [0.717, 1.165) is 33.0 Å². The lowest BCUT2D eigenvalue weighted by Gasteiger charge is -2.14. The Bertz CT molecular complexity index is 1600. The molecule has 0 bridgehead atoms. The van der Waals surface area contributed by atoms with Crippen molar-refractivity contribution in [3.05, 3.63) is 94.7 Å². The fraction of sp³-hybridized carbons (Fsp3) is 0.143. The fourth-order valence-electron chi connectivity index (χ4n) is 3.93. The van der Waals surface area contributed by atoms with Crippen LogP contribution in [0.4, 0.5) is 17.2 Å². The zero-order valence-corrected chi connectivity index (χ0v) is 22.2. The summed E-state index contributed by atoms with van der Waals surface area (Å²) in [4.78, 5) is 17.5. The molecule has 1 aliphatic rings. The van der Waals surface area contributed by atoms with Crippen molar-refractivity contribution in [2.24, 2.45) is 4.99 Å². The Morgan fingerprint density at radius 3 is 2.67 bits per heavy atom. The Balaban J connectivity index is 1.11. The molecule has 39 heavy (non-hydrogen) atoms. The van der Waals surface area contributed by atoms with Crippen LogP contribution in [0.25, 0.3) is 10.9 Å². The minimum absolute atomic E-state index is 0.160. The Morgan fingerprint density at radius 1 is 0.949 bits per heavy atom. The number of benzene rings is 3. The summed E-state index contributed by atoms with van der Waals surface area (Å²) in [5.74, 6) is 2.03. The highest BCUT2D eigenvalue weighted by Gasteiger charge is 2.21. The number of hydrogen-bond acceptors (Lipinski definition) is 10. The number of halogens is 1. The van der Waals surface area contributed by atoms with Crippen LogP contribution in [0.1, 0.15) is 5.01 Å². The van der Waals surface area contributed by atoms with Crippen molar-refractivity contribution >= 4 is 57.1 Å². The molecule has 2 aromatic heterocycles. The number of aromatic nitrogens is 3. The van der Waals surface area contributed by atoms with E-state index >= 15 is 0 Å². The van der Waals surface area contributed by atoms with E-state index in [4.69, 9.17) is 25.8 Å². The van der Waals surface area contributed by atoms with Crippen molar-refractivity contribution in [2.75, 3.05) is 23.8 Å². The predicted octanol–water partition coefficient (Wildman–Crippen LogP) is 6.31. The van der Waals surface area contributed by atoms with Crippen molar-refractivity contribution < 1.29 is 14.2 Å². The molecule has 196 valence electrons. The highest BCUT2D eigenvalue weighted by atomic mass is 35.5. The summed E-state index contributed by atoms with van der Waals surface area (Å²) in [6.07, 6.45) is 3.11. The lowest BCUT2D eigenvalue weighted by molar-refractivity contribution is 0.143. The number of aliphatic imine (C=N–C) groups is 1. The zero-order valence-electron chi connectivity index (χ0n) is 20.6. The first kappa shape index (κ1) is 24.9. The molecular weight excluding hydrogens is 536 g/mol. The van der Waals surface area contributed by atoms with Gasteiger partial charge >= 0.3 is 0 Å². The van der Waals surface area contributed by atoms with Gasteiger partial charge in [0.15, 0.2) is 6.10 Å². The first-order valence-electron chi connectivity index (χ1n) is 12.2. The minimum atomic E-state index is -0.160. The van der Waals surface area contributed by atoms with Gasteiger partial charge in [0.05, 0.1) is 17.1 Å². The lowest BCUT2D eigenvalue weighted by atomic mass is 10.2. The molecule has 1 aliphatic heterocycles. The Morgan fingerprint density at radius 2 is 1.82 bits per heavy atom. The van der Waals surface area contributed by atoms with Crippen molar-refractivity contribution in [1.82, 2.24) is 15.0 Å². The van der Waals surface area contributed by atoms with Gasteiger partial charge in [-0.15, -0.1) is 11.3 Å². The van der Waals surface area contributed by atoms with Gasteiger partial charge in [-0.3, -0.25) is 0 Å².